The lowest BCUT2D eigenvalue weighted by Crippen LogP contribution is -1.98. The van der Waals surface area contributed by atoms with Crippen LogP contribution in [-0.2, 0) is 14.3 Å². The highest BCUT2D eigenvalue weighted by atomic mass is 16.5. The molecule has 0 heterocycles. The van der Waals surface area contributed by atoms with E-state index in [2.05, 4.69) is 6.92 Å². The second-order valence-electron chi connectivity index (χ2n) is 2.97. The molecule has 3 nitrogen and oxygen atoms in total. The number of hydrogen-bond acceptors (Lipinski definition) is 3. The van der Waals surface area contributed by atoms with E-state index in [1.165, 1.54) is 6.08 Å². The van der Waals surface area contributed by atoms with Gasteiger partial charge >= 0.3 is 5.97 Å². The van der Waals surface area contributed by atoms with Crippen molar-refractivity contribution in [3.63, 3.8) is 0 Å². The van der Waals surface area contributed by atoms with Gasteiger partial charge in [-0.05, 0) is 13.3 Å². The van der Waals surface area contributed by atoms with E-state index in [0.717, 1.165) is 19.4 Å². The minimum absolute atomic E-state index is 0.311. The Balaban J connectivity index is 3.40. The average molecular weight is 212 g/mol. The molecule has 0 amide bonds. The van der Waals surface area contributed by atoms with Crippen molar-refractivity contribution < 1.29 is 14.3 Å². The number of esters is 1. The van der Waals surface area contributed by atoms with Gasteiger partial charge in [0.05, 0.1) is 13.2 Å². The number of rotatable bonds is 8. The molecule has 0 aliphatic rings. The molecule has 0 aromatic heterocycles. The molecule has 86 valence electrons. The Hall–Kier alpha value is -1.09. The Morgan fingerprint density at radius 1 is 1.27 bits per heavy atom. The normalized spacial score (nSPS) is 11.3. The Morgan fingerprint density at radius 2 is 2.07 bits per heavy atom. The second kappa shape index (κ2) is 11.0. The summed E-state index contributed by atoms with van der Waals surface area (Å²) in [4.78, 5) is 10.8. The summed E-state index contributed by atoms with van der Waals surface area (Å²) in [5, 5.41) is 0. The first kappa shape index (κ1) is 13.9. The average Bonchev–Trinajstić information content (AvgIpc) is 2.22. The fourth-order valence-corrected chi connectivity index (χ4v) is 0.856. The maximum Gasteiger partial charge on any atom is 0.330 e. The largest absolute Gasteiger partial charge is 0.463 e. The highest BCUT2D eigenvalue weighted by Gasteiger charge is 1.89. The van der Waals surface area contributed by atoms with E-state index in [-0.39, 0.29) is 5.97 Å². The van der Waals surface area contributed by atoms with E-state index < -0.39 is 0 Å². The Morgan fingerprint density at radius 3 is 2.73 bits per heavy atom. The zero-order valence-electron chi connectivity index (χ0n) is 9.57. The van der Waals surface area contributed by atoms with E-state index >= 15 is 0 Å². The van der Waals surface area contributed by atoms with Crippen molar-refractivity contribution in [3.8, 4) is 0 Å². The van der Waals surface area contributed by atoms with Gasteiger partial charge in [-0.15, -0.1) is 0 Å². The number of carbonyl (C=O) groups excluding carboxylic acids is 1. The molecule has 0 atom stereocenters. The Kier molecular flexibility index (Phi) is 10.2. The maximum absolute atomic E-state index is 10.8. The molecule has 0 unspecified atom stereocenters. The molecule has 0 N–H and O–H groups in total. The van der Waals surface area contributed by atoms with Crippen LogP contribution in [0.4, 0.5) is 0 Å². The fourth-order valence-electron chi connectivity index (χ4n) is 0.856. The number of hydrogen-bond donors (Lipinski definition) is 0. The SMILES string of the molecule is CCCCOCC=CC=CC(=O)OCC. The van der Waals surface area contributed by atoms with Crippen LogP contribution >= 0.6 is 0 Å². The molecule has 3 heteroatoms. The minimum Gasteiger partial charge on any atom is -0.463 e. The molecule has 0 saturated carbocycles. The van der Waals surface area contributed by atoms with Crippen LogP contribution in [0, 0.1) is 0 Å². The molecule has 0 spiro atoms. The smallest absolute Gasteiger partial charge is 0.330 e. The highest BCUT2D eigenvalue weighted by Crippen LogP contribution is 1.88. The van der Waals surface area contributed by atoms with Crippen molar-refractivity contribution >= 4 is 5.97 Å². The van der Waals surface area contributed by atoms with Gasteiger partial charge in [-0.25, -0.2) is 4.79 Å². The van der Waals surface area contributed by atoms with Gasteiger partial charge in [0, 0.05) is 12.7 Å². The molecule has 0 aliphatic heterocycles. The molecular formula is C12H20O3. The Labute approximate surface area is 91.8 Å². The predicted molar refractivity (Wildman–Crippen MR) is 60.6 cm³/mol. The molecule has 0 radical (unpaired) electrons. The zero-order valence-corrected chi connectivity index (χ0v) is 9.57. The summed E-state index contributed by atoms with van der Waals surface area (Å²) >= 11 is 0. The molecule has 0 fully saturated rings. The van der Waals surface area contributed by atoms with Crippen LogP contribution in [0.3, 0.4) is 0 Å². The molecule has 0 aromatic carbocycles. The lowest BCUT2D eigenvalue weighted by atomic mass is 10.4. The van der Waals surface area contributed by atoms with Gasteiger partial charge < -0.3 is 9.47 Å². The van der Waals surface area contributed by atoms with E-state index in [1.54, 1.807) is 19.1 Å². The van der Waals surface area contributed by atoms with Crippen LogP contribution in [0.2, 0.25) is 0 Å². The van der Waals surface area contributed by atoms with Crippen LogP contribution in [0.5, 0.6) is 0 Å². The maximum atomic E-state index is 10.8. The summed E-state index contributed by atoms with van der Waals surface area (Å²) in [5.41, 5.74) is 0. The van der Waals surface area contributed by atoms with Gasteiger partial charge in [0.1, 0.15) is 0 Å². The predicted octanol–water partition coefficient (Wildman–Crippen LogP) is 2.48. The number of carbonyl (C=O) groups is 1. The van der Waals surface area contributed by atoms with Crippen molar-refractivity contribution in [2.75, 3.05) is 19.8 Å². The third-order valence-corrected chi connectivity index (χ3v) is 1.62. The molecule has 0 aromatic rings. The van der Waals surface area contributed by atoms with Gasteiger partial charge in [0.2, 0.25) is 0 Å². The quantitative estimate of drug-likeness (QED) is 0.268. The summed E-state index contributed by atoms with van der Waals surface area (Å²) in [6.07, 6.45) is 8.93. The lowest BCUT2D eigenvalue weighted by molar-refractivity contribution is -0.137. The van der Waals surface area contributed by atoms with Gasteiger partial charge in [-0.2, -0.15) is 0 Å². The molecule has 0 aliphatic carbocycles. The van der Waals surface area contributed by atoms with Crippen molar-refractivity contribution in [3.05, 3.63) is 24.3 Å². The number of allylic oxidation sites excluding steroid dienone is 2. The third-order valence-electron chi connectivity index (χ3n) is 1.62. The number of unbranched alkanes of at least 4 members (excludes halogenated alkanes) is 1. The fraction of sp³-hybridized carbons (Fsp3) is 0.583. The zero-order chi connectivity index (χ0) is 11.4. The lowest BCUT2D eigenvalue weighted by Gasteiger charge is -1.96. The molecular weight excluding hydrogens is 192 g/mol. The van der Waals surface area contributed by atoms with Crippen LogP contribution in [-0.4, -0.2) is 25.8 Å². The standard InChI is InChI=1S/C12H20O3/c1-3-5-10-14-11-8-6-7-9-12(13)15-4-2/h6-9H,3-5,10-11H2,1-2H3. The third kappa shape index (κ3) is 10.8. The second-order valence-corrected chi connectivity index (χ2v) is 2.97. The summed E-state index contributed by atoms with van der Waals surface area (Å²) in [7, 11) is 0. The van der Waals surface area contributed by atoms with E-state index in [4.69, 9.17) is 9.47 Å². The molecule has 0 rings (SSSR count). The number of ether oxygens (including phenoxy) is 2. The first-order valence-electron chi connectivity index (χ1n) is 5.39. The summed E-state index contributed by atoms with van der Waals surface area (Å²) in [6.45, 7) is 5.70. The monoisotopic (exact) mass is 212 g/mol. The summed E-state index contributed by atoms with van der Waals surface area (Å²) in [6, 6.07) is 0. The van der Waals surface area contributed by atoms with Crippen LogP contribution in [0.15, 0.2) is 24.3 Å². The van der Waals surface area contributed by atoms with Gasteiger partial charge in [0.25, 0.3) is 0 Å². The van der Waals surface area contributed by atoms with E-state index in [0.29, 0.717) is 13.2 Å². The van der Waals surface area contributed by atoms with Crippen molar-refractivity contribution in [1.82, 2.24) is 0 Å². The van der Waals surface area contributed by atoms with Crippen LogP contribution in [0.1, 0.15) is 26.7 Å². The topological polar surface area (TPSA) is 35.5 Å². The van der Waals surface area contributed by atoms with Crippen LogP contribution < -0.4 is 0 Å². The molecule has 0 bridgehead atoms. The molecule has 15 heavy (non-hydrogen) atoms. The summed E-state index contributed by atoms with van der Waals surface area (Å²) in [5.74, 6) is -0.311. The highest BCUT2D eigenvalue weighted by molar-refractivity contribution is 5.82. The first-order chi connectivity index (χ1) is 7.31. The van der Waals surface area contributed by atoms with Crippen LogP contribution in [0.25, 0.3) is 0 Å². The van der Waals surface area contributed by atoms with Crippen molar-refractivity contribution in [1.29, 1.82) is 0 Å². The Bertz CT molecular complexity index is 207. The first-order valence-corrected chi connectivity index (χ1v) is 5.39. The van der Waals surface area contributed by atoms with Crippen molar-refractivity contribution in [2.24, 2.45) is 0 Å². The van der Waals surface area contributed by atoms with E-state index in [9.17, 15) is 4.79 Å². The van der Waals surface area contributed by atoms with Crippen molar-refractivity contribution in [2.45, 2.75) is 26.7 Å². The molecule has 0 saturated heterocycles. The summed E-state index contributed by atoms with van der Waals surface area (Å²) < 4.78 is 10.0. The van der Waals surface area contributed by atoms with E-state index in [1.807, 2.05) is 6.08 Å². The van der Waals surface area contributed by atoms with Gasteiger partial charge in [0.15, 0.2) is 0 Å². The minimum atomic E-state index is -0.311. The van der Waals surface area contributed by atoms with Gasteiger partial charge in [-0.3, -0.25) is 0 Å². The van der Waals surface area contributed by atoms with Gasteiger partial charge in [-0.1, -0.05) is 31.6 Å².